The Morgan fingerprint density at radius 3 is 2.60 bits per heavy atom. The molecule has 0 aromatic rings. The predicted molar refractivity (Wildman–Crippen MR) is 67.2 cm³/mol. The van der Waals surface area contributed by atoms with E-state index in [1.807, 2.05) is 0 Å². The molecule has 90 valence electrons. The van der Waals surface area contributed by atoms with Crippen LogP contribution in [0.3, 0.4) is 0 Å². The molecule has 0 saturated carbocycles. The normalized spacial score (nSPS) is 26.8. The highest BCUT2D eigenvalue weighted by Gasteiger charge is 2.30. The van der Waals surface area contributed by atoms with E-state index in [2.05, 4.69) is 37.9 Å². The maximum Gasteiger partial charge on any atom is 0.0223 e. The summed E-state index contributed by atoms with van der Waals surface area (Å²) in [4.78, 5) is 2.72. The number of hydrogen-bond acceptors (Lipinski definition) is 2. The summed E-state index contributed by atoms with van der Waals surface area (Å²) in [6, 6.07) is 2.21. The molecule has 1 fully saturated rings. The highest BCUT2D eigenvalue weighted by atomic mass is 15.2. The molecule has 1 aliphatic rings. The topological polar surface area (TPSA) is 15.3 Å². The van der Waals surface area contributed by atoms with Gasteiger partial charge in [-0.05, 0) is 45.7 Å². The molecule has 15 heavy (non-hydrogen) atoms. The van der Waals surface area contributed by atoms with E-state index in [0.29, 0.717) is 12.1 Å². The molecule has 1 heterocycles. The molecule has 1 saturated heterocycles. The van der Waals surface area contributed by atoms with Crippen LogP contribution in [0, 0.1) is 0 Å². The lowest BCUT2D eigenvalue weighted by molar-refractivity contribution is 0.149. The Morgan fingerprint density at radius 1 is 1.33 bits per heavy atom. The highest BCUT2D eigenvalue weighted by Crippen LogP contribution is 2.24. The summed E-state index contributed by atoms with van der Waals surface area (Å²) in [5.74, 6) is 0. The SMILES string of the molecule is CCNC(CC)C(C)N1CCCC1CC. The first kappa shape index (κ1) is 13.0. The quantitative estimate of drug-likeness (QED) is 0.728. The van der Waals surface area contributed by atoms with Crippen molar-refractivity contribution in [2.45, 2.75) is 71.5 Å². The van der Waals surface area contributed by atoms with Crippen molar-refractivity contribution in [3.63, 3.8) is 0 Å². The fourth-order valence-corrected chi connectivity index (χ4v) is 2.98. The van der Waals surface area contributed by atoms with E-state index in [0.717, 1.165) is 12.6 Å². The zero-order valence-electron chi connectivity index (χ0n) is 10.9. The summed E-state index contributed by atoms with van der Waals surface area (Å²) in [7, 11) is 0. The number of rotatable bonds is 6. The zero-order chi connectivity index (χ0) is 11.3. The number of hydrogen-bond donors (Lipinski definition) is 1. The molecule has 2 nitrogen and oxygen atoms in total. The Kier molecular flexibility index (Phi) is 5.62. The van der Waals surface area contributed by atoms with Gasteiger partial charge in [0, 0.05) is 18.1 Å². The van der Waals surface area contributed by atoms with Crippen molar-refractivity contribution in [1.82, 2.24) is 10.2 Å². The second-order valence-corrected chi connectivity index (χ2v) is 4.76. The van der Waals surface area contributed by atoms with Crippen LogP contribution in [0.5, 0.6) is 0 Å². The third-order valence-electron chi connectivity index (χ3n) is 3.91. The minimum atomic E-state index is 0.669. The number of nitrogens with zero attached hydrogens (tertiary/aromatic N) is 1. The van der Waals surface area contributed by atoms with Gasteiger partial charge in [0.25, 0.3) is 0 Å². The van der Waals surface area contributed by atoms with Gasteiger partial charge in [-0.2, -0.15) is 0 Å². The average Bonchev–Trinajstić information content (AvgIpc) is 2.72. The summed E-state index contributed by atoms with van der Waals surface area (Å²) < 4.78 is 0. The standard InChI is InChI=1S/C13H28N2/c1-5-12-9-8-10-15(12)11(4)13(6-2)14-7-3/h11-14H,5-10H2,1-4H3. The monoisotopic (exact) mass is 212 g/mol. The lowest BCUT2D eigenvalue weighted by atomic mass is 10.0. The van der Waals surface area contributed by atoms with E-state index in [-0.39, 0.29) is 0 Å². The van der Waals surface area contributed by atoms with Gasteiger partial charge < -0.3 is 5.32 Å². The third kappa shape index (κ3) is 3.18. The Balaban J connectivity index is 2.52. The van der Waals surface area contributed by atoms with Gasteiger partial charge in [0.05, 0.1) is 0 Å². The Hall–Kier alpha value is -0.0800. The Bertz CT molecular complexity index is 170. The summed E-state index contributed by atoms with van der Waals surface area (Å²) in [5.41, 5.74) is 0. The highest BCUT2D eigenvalue weighted by molar-refractivity contribution is 4.87. The fourth-order valence-electron chi connectivity index (χ4n) is 2.98. The maximum absolute atomic E-state index is 3.61. The summed E-state index contributed by atoms with van der Waals surface area (Å²) in [6.07, 6.45) is 5.35. The molecule has 0 radical (unpaired) electrons. The average molecular weight is 212 g/mol. The van der Waals surface area contributed by atoms with Crippen LogP contribution in [0.25, 0.3) is 0 Å². The van der Waals surface area contributed by atoms with Gasteiger partial charge in [0.2, 0.25) is 0 Å². The van der Waals surface area contributed by atoms with Crippen molar-refractivity contribution < 1.29 is 0 Å². The van der Waals surface area contributed by atoms with Gasteiger partial charge in [-0.3, -0.25) is 4.90 Å². The van der Waals surface area contributed by atoms with E-state index >= 15 is 0 Å². The van der Waals surface area contributed by atoms with Crippen LogP contribution in [0.1, 0.15) is 53.4 Å². The summed E-state index contributed by atoms with van der Waals surface area (Å²) >= 11 is 0. The Labute approximate surface area is 95.4 Å². The van der Waals surface area contributed by atoms with Gasteiger partial charge in [-0.25, -0.2) is 0 Å². The predicted octanol–water partition coefficient (Wildman–Crippen LogP) is 2.64. The van der Waals surface area contributed by atoms with Crippen LogP contribution in [-0.4, -0.2) is 36.1 Å². The number of likely N-dealkylation sites (N-methyl/N-ethyl adjacent to an activating group) is 1. The van der Waals surface area contributed by atoms with Crippen LogP contribution in [0.2, 0.25) is 0 Å². The molecule has 0 amide bonds. The first-order valence-electron chi connectivity index (χ1n) is 6.73. The first-order chi connectivity index (χ1) is 7.24. The molecule has 3 unspecified atom stereocenters. The molecule has 0 bridgehead atoms. The van der Waals surface area contributed by atoms with Gasteiger partial charge >= 0.3 is 0 Å². The van der Waals surface area contributed by atoms with Crippen molar-refractivity contribution in [2.75, 3.05) is 13.1 Å². The van der Waals surface area contributed by atoms with Gasteiger partial charge in [-0.15, -0.1) is 0 Å². The van der Waals surface area contributed by atoms with E-state index in [1.165, 1.54) is 32.2 Å². The zero-order valence-corrected chi connectivity index (χ0v) is 10.9. The van der Waals surface area contributed by atoms with E-state index in [1.54, 1.807) is 0 Å². The van der Waals surface area contributed by atoms with Crippen LogP contribution in [0.4, 0.5) is 0 Å². The molecule has 0 spiro atoms. The van der Waals surface area contributed by atoms with Crippen molar-refractivity contribution in [1.29, 1.82) is 0 Å². The van der Waals surface area contributed by atoms with Gasteiger partial charge in [0.1, 0.15) is 0 Å². The molecule has 0 aromatic heterocycles. The lowest BCUT2D eigenvalue weighted by Crippen LogP contribution is -2.49. The second-order valence-electron chi connectivity index (χ2n) is 4.76. The van der Waals surface area contributed by atoms with Crippen LogP contribution < -0.4 is 5.32 Å². The largest absolute Gasteiger partial charge is 0.313 e. The maximum atomic E-state index is 3.61. The minimum Gasteiger partial charge on any atom is -0.313 e. The molecule has 0 aliphatic carbocycles. The first-order valence-corrected chi connectivity index (χ1v) is 6.73. The van der Waals surface area contributed by atoms with Crippen molar-refractivity contribution in [3.8, 4) is 0 Å². The van der Waals surface area contributed by atoms with E-state index < -0.39 is 0 Å². The molecule has 1 aliphatic heterocycles. The van der Waals surface area contributed by atoms with Gasteiger partial charge in [-0.1, -0.05) is 20.8 Å². The lowest BCUT2D eigenvalue weighted by Gasteiger charge is -2.35. The molecule has 3 atom stereocenters. The molecule has 1 N–H and O–H groups in total. The summed E-state index contributed by atoms with van der Waals surface area (Å²) in [5, 5.41) is 3.61. The molecule has 0 aromatic carbocycles. The smallest absolute Gasteiger partial charge is 0.0223 e. The minimum absolute atomic E-state index is 0.669. The van der Waals surface area contributed by atoms with Crippen molar-refractivity contribution in [2.24, 2.45) is 0 Å². The van der Waals surface area contributed by atoms with Crippen LogP contribution in [-0.2, 0) is 0 Å². The summed E-state index contributed by atoms with van der Waals surface area (Å²) in [6.45, 7) is 11.6. The van der Waals surface area contributed by atoms with Gasteiger partial charge in [0.15, 0.2) is 0 Å². The van der Waals surface area contributed by atoms with Crippen molar-refractivity contribution >= 4 is 0 Å². The Morgan fingerprint density at radius 2 is 2.07 bits per heavy atom. The molecule has 2 heteroatoms. The number of likely N-dealkylation sites (tertiary alicyclic amines) is 1. The van der Waals surface area contributed by atoms with Crippen LogP contribution >= 0.6 is 0 Å². The number of nitrogens with one attached hydrogen (secondary N) is 1. The van der Waals surface area contributed by atoms with Crippen LogP contribution in [0.15, 0.2) is 0 Å². The third-order valence-corrected chi connectivity index (χ3v) is 3.91. The molecule has 1 rings (SSSR count). The molecular formula is C13H28N2. The molecular weight excluding hydrogens is 184 g/mol. The fraction of sp³-hybridized carbons (Fsp3) is 1.00. The van der Waals surface area contributed by atoms with E-state index in [9.17, 15) is 0 Å². The van der Waals surface area contributed by atoms with E-state index in [4.69, 9.17) is 0 Å². The second kappa shape index (κ2) is 6.49. The van der Waals surface area contributed by atoms with Crippen molar-refractivity contribution in [3.05, 3.63) is 0 Å².